The van der Waals surface area contributed by atoms with Crippen LogP contribution in [0.1, 0.15) is 35.2 Å². The van der Waals surface area contributed by atoms with Crippen LogP contribution in [0.3, 0.4) is 0 Å². The number of piperidine rings is 1. The molecule has 0 aliphatic carbocycles. The molecule has 0 N–H and O–H groups in total. The maximum absolute atomic E-state index is 15.0. The summed E-state index contributed by atoms with van der Waals surface area (Å²) in [6.07, 6.45) is 1.01. The third kappa shape index (κ3) is 5.13. The lowest BCUT2D eigenvalue weighted by Crippen LogP contribution is -2.38. The molecule has 2 aromatic heterocycles. The topological polar surface area (TPSA) is 51.0 Å². The number of nitrogens with zero attached hydrogens (tertiary/aromatic N) is 4. The molecule has 0 bridgehead atoms. The molecule has 0 unspecified atom stereocenters. The molecule has 0 atom stereocenters. The minimum Gasteiger partial charge on any atom is -0.371 e. The lowest BCUT2D eigenvalue weighted by atomic mass is 9.77. The third-order valence-electron chi connectivity index (χ3n) is 9.00. The zero-order valence-corrected chi connectivity index (χ0v) is 24.9. The van der Waals surface area contributed by atoms with E-state index in [0.717, 1.165) is 46.9 Å². The first-order valence-corrected chi connectivity index (χ1v) is 15.3. The number of pyridine rings is 1. The van der Waals surface area contributed by atoms with Crippen LogP contribution in [0.25, 0.3) is 22.0 Å². The number of aromatic nitrogens is 3. The fourth-order valence-electron chi connectivity index (χ4n) is 6.75. The van der Waals surface area contributed by atoms with Gasteiger partial charge in [0.2, 0.25) is 0 Å². The number of hydrogen-bond acceptors (Lipinski definition) is 4. The highest BCUT2D eigenvalue weighted by atomic mass is 19.4. The Hall–Kier alpha value is -5.24. The van der Waals surface area contributed by atoms with E-state index in [2.05, 4.69) is 15.0 Å². The maximum atomic E-state index is 15.0. The minimum atomic E-state index is -4.72. The van der Waals surface area contributed by atoms with Gasteiger partial charge in [0.25, 0.3) is 0 Å². The van der Waals surface area contributed by atoms with Gasteiger partial charge in [-0.3, -0.25) is 9.67 Å². The number of benzene rings is 4. The van der Waals surface area contributed by atoms with Gasteiger partial charge in [-0.2, -0.15) is 18.3 Å². The van der Waals surface area contributed by atoms with E-state index in [1.54, 1.807) is 24.4 Å². The van der Waals surface area contributed by atoms with Crippen molar-refractivity contribution in [3.8, 4) is 11.1 Å². The highest BCUT2D eigenvalue weighted by molar-refractivity contribution is 5.95. The standard InChI is InChI=1S/C38H31F3N4O/c39-38(40,41)36-33(28-16-17-34-32(24-28)35(18-21-42-34)44-22-19-27(26-46)20-23-44)25-45(43-36)37(29-10-4-1-5-11-29,30-12-6-2-7-13-30)31-14-8-3-9-15-31/h1-18,21,24-27H,19-20,22-23H2. The molecule has 4 aromatic carbocycles. The van der Waals surface area contributed by atoms with E-state index < -0.39 is 17.4 Å². The van der Waals surface area contributed by atoms with Gasteiger partial charge in [-0.05, 0) is 53.3 Å². The SMILES string of the molecule is O=CC1CCN(c2ccnc3ccc(-c4cn(C(c5ccccc5)(c5ccccc5)c5ccccc5)nc4C(F)(F)F)cc23)CC1. The van der Waals surface area contributed by atoms with Crippen LogP contribution in [-0.4, -0.2) is 34.1 Å². The molecule has 5 nitrogen and oxygen atoms in total. The number of carbonyl (C=O) groups is 1. The van der Waals surface area contributed by atoms with E-state index in [1.165, 1.54) is 10.9 Å². The van der Waals surface area contributed by atoms with Crippen LogP contribution in [-0.2, 0) is 16.5 Å². The van der Waals surface area contributed by atoms with E-state index >= 15 is 0 Å². The van der Waals surface area contributed by atoms with Crippen LogP contribution in [0, 0.1) is 5.92 Å². The molecule has 0 saturated carbocycles. The molecular formula is C38H31F3N4O. The molecule has 0 amide bonds. The average Bonchev–Trinajstić information content (AvgIpc) is 3.56. The highest BCUT2D eigenvalue weighted by Crippen LogP contribution is 2.45. The molecule has 3 heterocycles. The number of carbonyl (C=O) groups excluding carboxylic acids is 1. The summed E-state index contributed by atoms with van der Waals surface area (Å²) in [7, 11) is 0. The van der Waals surface area contributed by atoms with Crippen molar-refractivity contribution in [2.45, 2.75) is 24.6 Å². The van der Waals surface area contributed by atoms with Crippen LogP contribution in [0.4, 0.5) is 18.9 Å². The number of aldehydes is 1. The summed E-state index contributed by atoms with van der Waals surface area (Å²) in [6.45, 7) is 1.37. The Kier molecular flexibility index (Phi) is 7.64. The fraction of sp³-hybridized carbons (Fsp3) is 0.184. The van der Waals surface area contributed by atoms with Crippen LogP contribution in [0.15, 0.2) is 128 Å². The van der Waals surface area contributed by atoms with Gasteiger partial charge in [-0.1, -0.05) is 97.1 Å². The van der Waals surface area contributed by atoms with Gasteiger partial charge in [0.1, 0.15) is 11.8 Å². The summed E-state index contributed by atoms with van der Waals surface area (Å²) < 4.78 is 46.4. The Bertz CT molecular complexity index is 1870. The second-order valence-corrected chi connectivity index (χ2v) is 11.7. The third-order valence-corrected chi connectivity index (χ3v) is 9.00. The van der Waals surface area contributed by atoms with Gasteiger partial charge in [0.05, 0.1) is 5.52 Å². The molecule has 8 heteroatoms. The molecular weight excluding hydrogens is 585 g/mol. The van der Waals surface area contributed by atoms with Gasteiger partial charge >= 0.3 is 6.18 Å². The van der Waals surface area contributed by atoms with Crippen molar-refractivity contribution in [3.63, 3.8) is 0 Å². The molecule has 1 fully saturated rings. The molecule has 0 spiro atoms. The predicted octanol–water partition coefficient (Wildman–Crippen LogP) is 8.37. The quantitative estimate of drug-likeness (QED) is 0.134. The second-order valence-electron chi connectivity index (χ2n) is 11.7. The summed E-state index contributed by atoms with van der Waals surface area (Å²) in [6, 6.07) is 35.7. The second kappa shape index (κ2) is 11.9. The highest BCUT2D eigenvalue weighted by Gasteiger charge is 2.44. The first kappa shape index (κ1) is 29.5. The monoisotopic (exact) mass is 616 g/mol. The van der Waals surface area contributed by atoms with E-state index in [1.807, 2.05) is 97.1 Å². The van der Waals surface area contributed by atoms with Gasteiger partial charge in [-0.25, -0.2) is 0 Å². The summed E-state index contributed by atoms with van der Waals surface area (Å²) in [5.74, 6) is 0.0270. The molecule has 6 aromatic rings. The van der Waals surface area contributed by atoms with E-state index in [0.29, 0.717) is 24.2 Å². The van der Waals surface area contributed by atoms with Crippen LogP contribution in [0.2, 0.25) is 0 Å². The van der Waals surface area contributed by atoms with Crippen molar-refractivity contribution in [2.75, 3.05) is 18.0 Å². The maximum Gasteiger partial charge on any atom is 0.435 e. The zero-order valence-electron chi connectivity index (χ0n) is 24.9. The lowest BCUT2D eigenvalue weighted by Gasteiger charge is -2.36. The van der Waals surface area contributed by atoms with Crippen LogP contribution < -0.4 is 4.90 Å². The number of alkyl halides is 3. The number of anilines is 1. The number of hydrogen-bond donors (Lipinski definition) is 0. The summed E-state index contributed by atoms with van der Waals surface area (Å²) in [5, 5.41) is 5.16. The summed E-state index contributed by atoms with van der Waals surface area (Å²) >= 11 is 0. The first-order valence-electron chi connectivity index (χ1n) is 15.3. The normalized spacial score (nSPS) is 14.5. The predicted molar refractivity (Wildman–Crippen MR) is 174 cm³/mol. The smallest absolute Gasteiger partial charge is 0.371 e. The fourth-order valence-corrected chi connectivity index (χ4v) is 6.75. The van der Waals surface area contributed by atoms with Crippen molar-refractivity contribution in [1.82, 2.24) is 14.8 Å². The van der Waals surface area contributed by atoms with Crippen molar-refractivity contribution in [2.24, 2.45) is 5.92 Å². The van der Waals surface area contributed by atoms with Crippen molar-refractivity contribution >= 4 is 22.9 Å². The van der Waals surface area contributed by atoms with E-state index in [-0.39, 0.29) is 11.5 Å². The average molecular weight is 617 g/mol. The molecule has 1 aliphatic rings. The zero-order chi connectivity index (χ0) is 31.7. The molecule has 7 rings (SSSR count). The first-order chi connectivity index (χ1) is 22.4. The Balaban J connectivity index is 1.46. The van der Waals surface area contributed by atoms with Crippen LogP contribution >= 0.6 is 0 Å². The minimum absolute atomic E-state index is 0.0176. The lowest BCUT2D eigenvalue weighted by molar-refractivity contribution is -0.141. The van der Waals surface area contributed by atoms with E-state index in [9.17, 15) is 18.0 Å². The number of halogens is 3. The van der Waals surface area contributed by atoms with Crippen molar-refractivity contribution in [1.29, 1.82) is 0 Å². The molecule has 46 heavy (non-hydrogen) atoms. The van der Waals surface area contributed by atoms with E-state index in [4.69, 9.17) is 0 Å². The van der Waals surface area contributed by atoms with Gasteiger partial charge in [-0.15, -0.1) is 0 Å². The molecule has 1 aliphatic heterocycles. The molecule has 1 saturated heterocycles. The number of fused-ring (bicyclic) bond motifs is 1. The summed E-state index contributed by atoms with van der Waals surface area (Å²) in [5.41, 5.74) is 2.13. The number of rotatable bonds is 7. The summed E-state index contributed by atoms with van der Waals surface area (Å²) in [4.78, 5) is 18.0. The molecule has 230 valence electrons. The van der Waals surface area contributed by atoms with Gasteiger partial charge < -0.3 is 9.69 Å². The van der Waals surface area contributed by atoms with Crippen molar-refractivity contribution in [3.05, 3.63) is 150 Å². The Morgan fingerprint density at radius 1 is 0.739 bits per heavy atom. The van der Waals surface area contributed by atoms with Crippen LogP contribution in [0.5, 0.6) is 0 Å². The Labute approximate surface area is 264 Å². The molecule has 0 radical (unpaired) electrons. The largest absolute Gasteiger partial charge is 0.435 e. The van der Waals surface area contributed by atoms with Gasteiger partial charge in [0.15, 0.2) is 5.69 Å². The van der Waals surface area contributed by atoms with Gasteiger partial charge in [0, 0.05) is 48.0 Å². The van der Waals surface area contributed by atoms with Crippen molar-refractivity contribution < 1.29 is 18.0 Å². The Morgan fingerprint density at radius 2 is 1.30 bits per heavy atom. The Morgan fingerprint density at radius 3 is 1.83 bits per heavy atom.